The lowest BCUT2D eigenvalue weighted by Gasteiger charge is -2.28. The van der Waals surface area contributed by atoms with Gasteiger partial charge in [-0.2, -0.15) is 0 Å². The Kier molecular flexibility index (Phi) is 3.60. The molecule has 0 unspecified atom stereocenters. The monoisotopic (exact) mass is 260 g/mol. The van der Waals surface area contributed by atoms with Crippen LogP contribution in [0.2, 0.25) is 0 Å². The minimum atomic E-state index is 0.0982. The molecule has 20 heavy (non-hydrogen) atoms. The van der Waals surface area contributed by atoms with Gasteiger partial charge in [-0.1, -0.05) is 78.9 Å². The van der Waals surface area contributed by atoms with E-state index in [0.29, 0.717) is 0 Å². The van der Waals surface area contributed by atoms with E-state index in [2.05, 4.69) is 30.3 Å². The van der Waals surface area contributed by atoms with Gasteiger partial charge in [0.1, 0.15) is 6.29 Å². The fraction of sp³-hybridized carbons (Fsp3) is 0.105. The van der Waals surface area contributed by atoms with E-state index in [1.165, 1.54) is 11.1 Å². The predicted octanol–water partition coefficient (Wildman–Crippen LogP) is 4.25. The maximum Gasteiger partial charge on any atom is 0.146 e. The Bertz CT molecular complexity index is 638. The minimum Gasteiger partial charge on any atom is -0.298 e. The smallest absolute Gasteiger partial charge is 0.146 e. The number of carbonyl (C=O) groups excluding carboxylic acids is 1. The zero-order valence-electron chi connectivity index (χ0n) is 11.1. The van der Waals surface area contributed by atoms with Crippen LogP contribution in [0, 0.1) is 0 Å². The molecule has 98 valence electrons. The zero-order valence-corrected chi connectivity index (χ0v) is 11.1. The van der Waals surface area contributed by atoms with Crippen molar-refractivity contribution in [3.05, 3.63) is 95.6 Å². The van der Waals surface area contributed by atoms with E-state index in [4.69, 9.17) is 0 Å². The Morgan fingerprint density at radius 3 is 2.00 bits per heavy atom. The second kappa shape index (κ2) is 5.70. The first-order valence-corrected chi connectivity index (χ1v) is 6.83. The summed E-state index contributed by atoms with van der Waals surface area (Å²) < 4.78 is 0. The van der Waals surface area contributed by atoms with Gasteiger partial charge in [0.25, 0.3) is 0 Å². The molecule has 1 aliphatic rings. The molecule has 0 aliphatic heterocycles. The van der Waals surface area contributed by atoms with Crippen LogP contribution in [0.3, 0.4) is 0 Å². The zero-order chi connectivity index (χ0) is 13.8. The van der Waals surface area contributed by atoms with E-state index in [0.717, 1.165) is 11.9 Å². The molecule has 1 nitrogen and oxygen atoms in total. The van der Waals surface area contributed by atoms with Gasteiger partial charge >= 0.3 is 0 Å². The van der Waals surface area contributed by atoms with E-state index in [9.17, 15) is 4.79 Å². The Morgan fingerprint density at radius 2 is 1.40 bits per heavy atom. The molecule has 0 spiro atoms. The fourth-order valence-corrected chi connectivity index (χ4v) is 2.86. The summed E-state index contributed by atoms with van der Waals surface area (Å²) in [5.41, 5.74) is 3.27. The van der Waals surface area contributed by atoms with Crippen molar-refractivity contribution < 1.29 is 4.79 Å². The van der Waals surface area contributed by atoms with Gasteiger partial charge in [0, 0.05) is 17.4 Å². The third-order valence-electron chi connectivity index (χ3n) is 3.80. The molecule has 0 heterocycles. The van der Waals surface area contributed by atoms with Crippen molar-refractivity contribution in [1.82, 2.24) is 0 Å². The lowest BCUT2D eigenvalue weighted by atomic mass is 9.75. The molecule has 0 fully saturated rings. The Morgan fingerprint density at radius 1 is 0.800 bits per heavy atom. The highest BCUT2D eigenvalue weighted by Gasteiger charge is 2.27. The molecule has 2 aromatic rings. The topological polar surface area (TPSA) is 17.1 Å². The first kappa shape index (κ1) is 12.6. The number of benzene rings is 2. The van der Waals surface area contributed by atoms with E-state index in [1.807, 2.05) is 48.6 Å². The van der Waals surface area contributed by atoms with Crippen LogP contribution in [-0.4, -0.2) is 6.29 Å². The molecule has 2 atom stereocenters. The van der Waals surface area contributed by atoms with Crippen molar-refractivity contribution in [2.75, 3.05) is 0 Å². The van der Waals surface area contributed by atoms with Crippen LogP contribution in [0.1, 0.15) is 23.0 Å². The van der Waals surface area contributed by atoms with Crippen molar-refractivity contribution in [3.63, 3.8) is 0 Å². The number of aldehydes is 1. The molecule has 0 N–H and O–H groups in total. The minimum absolute atomic E-state index is 0.0982. The van der Waals surface area contributed by atoms with Crippen LogP contribution in [0.5, 0.6) is 0 Å². The summed E-state index contributed by atoms with van der Waals surface area (Å²) >= 11 is 0. The number of allylic oxidation sites excluding steroid dienone is 4. The predicted molar refractivity (Wildman–Crippen MR) is 81.7 cm³/mol. The second-order valence-corrected chi connectivity index (χ2v) is 4.99. The molecule has 0 aromatic heterocycles. The number of hydrogen-bond donors (Lipinski definition) is 0. The van der Waals surface area contributed by atoms with Crippen LogP contribution in [0.15, 0.2) is 84.5 Å². The van der Waals surface area contributed by atoms with Gasteiger partial charge < -0.3 is 0 Å². The number of carbonyl (C=O) groups is 1. The van der Waals surface area contributed by atoms with Gasteiger partial charge in [0.15, 0.2) is 0 Å². The molecule has 1 heteroatoms. The first-order chi connectivity index (χ1) is 9.90. The maximum atomic E-state index is 11.4. The van der Waals surface area contributed by atoms with E-state index >= 15 is 0 Å². The maximum absolute atomic E-state index is 11.4. The summed E-state index contributed by atoms with van der Waals surface area (Å²) in [4.78, 5) is 11.4. The fourth-order valence-electron chi connectivity index (χ4n) is 2.86. The molecule has 0 saturated heterocycles. The Balaban J connectivity index is 2.07. The standard InChI is InChI=1S/C19H16O/c20-14-17-12-7-13-18(15-8-3-1-4-9-15)19(17)16-10-5-2-6-11-16/h1-14,18-19H/t18-,19+/m0/s1. The van der Waals surface area contributed by atoms with Crippen LogP contribution in [0.25, 0.3) is 0 Å². The van der Waals surface area contributed by atoms with Crippen molar-refractivity contribution in [1.29, 1.82) is 0 Å². The molecular weight excluding hydrogens is 244 g/mol. The van der Waals surface area contributed by atoms with Crippen molar-refractivity contribution in [2.45, 2.75) is 11.8 Å². The van der Waals surface area contributed by atoms with Crippen molar-refractivity contribution in [2.24, 2.45) is 0 Å². The van der Waals surface area contributed by atoms with Gasteiger partial charge in [-0.15, -0.1) is 0 Å². The van der Waals surface area contributed by atoms with Gasteiger partial charge in [-0.05, 0) is 11.1 Å². The Labute approximate surface area is 119 Å². The molecule has 0 bridgehead atoms. The summed E-state index contributed by atoms with van der Waals surface area (Å²) in [5.74, 6) is 0.310. The summed E-state index contributed by atoms with van der Waals surface area (Å²) in [5, 5.41) is 0. The SMILES string of the molecule is O=CC1=CC=C[C@@H](c2ccccc2)[C@@H]1c1ccccc1. The van der Waals surface area contributed by atoms with Gasteiger partial charge in [0.05, 0.1) is 0 Å². The summed E-state index contributed by atoms with van der Waals surface area (Å²) in [6.07, 6.45) is 7.07. The molecule has 0 radical (unpaired) electrons. The highest BCUT2D eigenvalue weighted by atomic mass is 16.1. The van der Waals surface area contributed by atoms with Crippen LogP contribution in [-0.2, 0) is 4.79 Å². The van der Waals surface area contributed by atoms with Crippen LogP contribution in [0.4, 0.5) is 0 Å². The lowest BCUT2D eigenvalue weighted by Crippen LogP contribution is -2.15. The van der Waals surface area contributed by atoms with E-state index in [1.54, 1.807) is 0 Å². The van der Waals surface area contributed by atoms with Crippen LogP contribution < -0.4 is 0 Å². The average molecular weight is 260 g/mol. The summed E-state index contributed by atoms with van der Waals surface area (Å²) in [6.45, 7) is 0. The van der Waals surface area contributed by atoms with Crippen molar-refractivity contribution in [3.8, 4) is 0 Å². The summed E-state index contributed by atoms with van der Waals surface area (Å²) in [6, 6.07) is 20.6. The molecule has 2 aromatic carbocycles. The number of hydrogen-bond acceptors (Lipinski definition) is 1. The van der Waals surface area contributed by atoms with Gasteiger partial charge in [-0.25, -0.2) is 0 Å². The Hall–Kier alpha value is -2.41. The normalized spacial score (nSPS) is 21.3. The van der Waals surface area contributed by atoms with Crippen LogP contribution >= 0.6 is 0 Å². The summed E-state index contributed by atoms with van der Waals surface area (Å²) in [7, 11) is 0. The second-order valence-electron chi connectivity index (χ2n) is 4.99. The molecule has 3 rings (SSSR count). The first-order valence-electron chi connectivity index (χ1n) is 6.83. The number of rotatable bonds is 3. The molecular formula is C19H16O. The van der Waals surface area contributed by atoms with Gasteiger partial charge in [0.2, 0.25) is 0 Å². The third kappa shape index (κ3) is 2.35. The largest absolute Gasteiger partial charge is 0.298 e. The lowest BCUT2D eigenvalue weighted by molar-refractivity contribution is -0.105. The van der Waals surface area contributed by atoms with Crippen molar-refractivity contribution >= 4 is 6.29 Å². The third-order valence-corrected chi connectivity index (χ3v) is 3.80. The highest BCUT2D eigenvalue weighted by molar-refractivity contribution is 5.78. The highest BCUT2D eigenvalue weighted by Crippen LogP contribution is 2.40. The van der Waals surface area contributed by atoms with E-state index < -0.39 is 0 Å². The molecule has 0 amide bonds. The van der Waals surface area contributed by atoms with E-state index in [-0.39, 0.29) is 11.8 Å². The molecule has 1 aliphatic carbocycles. The van der Waals surface area contributed by atoms with Gasteiger partial charge in [-0.3, -0.25) is 4.79 Å². The average Bonchev–Trinajstić information content (AvgIpc) is 2.55. The molecule has 0 saturated carbocycles. The quantitative estimate of drug-likeness (QED) is 0.754.